The molecule has 2 fully saturated rings. The zero-order chi connectivity index (χ0) is 14.9. The van der Waals surface area contributed by atoms with E-state index in [1.54, 1.807) is 12.3 Å². The van der Waals surface area contributed by atoms with Crippen LogP contribution in [0.5, 0.6) is 0 Å². The molecule has 0 atom stereocenters. The van der Waals surface area contributed by atoms with Gasteiger partial charge in [-0.3, -0.25) is 0 Å². The maximum absolute atomic E-state index is 11.1. The van der Waals surface area contributed by atoms with E-state index < -0.39 is 6.09 Å². The van der Waals surface area contributed by atoms with Crippen molar-refractivity contribution >= 4 is 11.9 Å². The normalized spacial score (nSPS) is 20.5. The van der Waals surface area contributed by atoms with E-state index in [0.717, 1.165) is 38.2 Å². The van der Waals surface area contributed by atoms with Gasteiger partial charge in [0, 0.05) is 32.4 Å². The summed E-state index contributed by atoms with van der Waals surface area (Å²) in [6.07, 6.45) is 3.76. The minimum absolute atomic E-state index is 0.154. The number of amides is 1. The Balaban J connectivity index is 1.63. The minimum Gasteiger partial charge on any atom is -0.465 e. The quantitative estimate of drug-likeness (QED) is 0.853. The van der Waals surface area contributed by atoms with E-state index in [0.29, 0.717) is 18.7 Å². The fraction of sp³-hybridized carbons (Fsp3) is 0.533. The highest BCUT2D eigenvalue weighted by molar-refractivity contribution is 5.65. The Labute approximate surface area is 123 Å². The van der Waals surface area contributed by atoms with E-state index in [-0.39, 0.29) is 5.41 Å². The van der Waals surface area contributed by atoms with Gasteiger partial charge in [-0.15, -0.1) is 0 Å². The number of carbonyl (C=O) groups is 1. The molecule has 0 saturated carbocycles. The molecule has 0 aliphatic carbocycles. The number of anilines is 1. The van der Waals surface area contributed by atoms with Crippen LogP contribution < -0.4 is 4.90 Å². The van der Waals surface area contributed by atoms with E-state index in [1.807, 2.05) is 6.07 Å². The first-order chi connectivity index (χ1) is 10.1. The van der Waals surface area contributed by atoms with Gasteiger partial charge in [-0.25, -0.2) is 9.78 Å². The van der Waals surface area contributed by atoms with Crippen molar-refractivity contribution < 1.29 is 9.90 Å². The molecule has 0 radical (unpaired) electrons. The van der Waals surface area contributed by atoms with Crippen LogP contribution in [0.15, 0.2) is 18.3 Å². The fourth-order valence-electron chi connectivity index (χ4n) is 3.36. The molecule has 0 aromatic carbocycles. The van der Waals surface area contributed by atoms with E-state index in [4.69, 9.17) is 10.4 Å². The van der Waals surface area contributed by atoms with Crippen LogP contribution in [0.2, 0.25) is 0 Å². The SMILES string of the molecule is N#Cc1ccc(N2CCC3(CCN(C(=O)O)C3)CC2)nc1. The number of piperidine rings is 1. The maximum atomic E-state index is 11.1. The highest BCUT2D eigenvalue weighted by Crippen LogP contribution is 2.40. The summed E-state index contributed by atoms with van der Waals surface area (Å²) in [7, 11) is 0. The smallest absolute Gasteiger partial charge is 0.407 e. The first kappa shape index (κ1) is 13.7. The first-order valence-corrected chi connectivity index (χ1v) is 7.21. The van der Waals surface area contributed by atoms with Gasteiger partial charge in [-0.2, -0.15) is 5.26 Å². The van der Waals surface area contributed by atoms with Crippen LogP contribution in [-0.4, -0.2) is 47.3 Å². The van der Waals surface area contributed by atoms with Gasteiger partial charge < -0.3 is 14.9 Å². The molecule has 1 aromatic heterocycles. The number of hydrogen-bond acceptors (Lipinski definition) is 4. The number of nitrogens with zero attached hydrogens (tertiary/aromatic N) is 4. The summed E-state index contributed by atoms with van der Waals surface area (Å²) >= 11 is 0. The highest BCUT2D eigenvalue weighted by Gasteiger charge is 2.42. The molecule has 3 rings (SSSR count). The van der Waals surface area contributed by atoms with Gasteiger partial charge in [0.15, 0.2) is 0 Å². The second kappa shape index (κ2) is 5.24. The number of carboxylic acid groups (broad SMARTS) is 1. The van der Waals surface area contributed by atoms with Crippen molar-refractivity contribution in [2.45, 2.75) is 19.3 Å². The molecule has 2 aliphatic heterocycles. The minimum atomic E-state index is -0.803. The predicted octanol–water partition coefficient (Wildman–Crippen LogP) is 1.92. The molecular formula is C15H18N4O2. The molecule has 1 spiro atoms. The van der Waals surface area contributed by atoms with E-state index in [1.165, 1.54) is 4.90 Å². The average Bonchev–Trinajstić information content (AvgIpc) is 2.92. The first-order valence-electron chi connectivity index (χ1n) is 7.21. The van der Waals surface area contributed by atoms with Gasteiger partial charge in [0.05, 0.1) is 5.56 Å². The molecule has 1 amide bonds. The highest BCUT2D eigenvalue weighted by atomic mass is 16.4. The second-order valence-corrected chi connectivity index (χ2v) is 5.96. The summed E-state index contributed by atoms with van der Waals surface area (Å²) in [4.78, 5) is 19.1. The third-order valence-corrected chi connectivity index (χ3v) is 4.73. The lowest BCUT2D eigenvalue weighted by Gasteiger charge is -2.39. The van der Waals surface area contributed by atoms with E-state index in [9.17, 15) is 4.79 Å². The molecule has 110 valence electrons. The zero-order valence-corrected chi connectivity index (χ0v) is 11.8. The molecule has 1 aromatic rings. The Morgan fingerprint density at radius 3 is 2.52 bits per heavy atom. The predicted molar refractivity (Wildman–Crippen MR) is 77.0 cm³/mol. The molecule has 3 heterocycles. The number of aromatic nitrogens is 1. The number of pyridine rings is 1. The third-order valence-electron chi connectivity index (χ3n) is 4.73. The fourth-order valence-corrected chi connectivity index (χ4v) is 3.36. The molecule has 21 heavy (non-hydrogen) atoms. The summed E-state index contributed by atoms with van der Waals surface area (Å²) in [6.45, 7) is 3.11. The molecule has 0 bridgehead atoms. The summed E-state index contributed by atoms with van der Waals surface area (Å²) in [5.41, 5.74) is 0.724. The van der Waals surface area contributed by atoms with Crippen molar-refractivity contribution in [3.05, 3.63) is 23.9 Å². The van der Waals surface area contributed by atoms with Crippen molar-refractivity contribution in [1.82, 2.24) is 9.88 Å². The van der Waals surface area contributed by atoms with Gasteiger partial charge in [0.1, 0.15) is 11.9 Å². The van der Waals surface area contributed by atoms with Gasteiger partial charge >= 0.3 is 6.09 Å². The lowest BCUT2D eigenvalue weighted by atomic mass is 9.78. The molecule has 6 nitrogen and oxygen atoms in total. The summed E-state index contributed by atoms with van der Waals surface area (Å²) in [6, 6.07) is 5.74. The molecular weight excluding hydrogens is 268 g/mol. The van der Waals surface area contributed by atoms with Crippen molar-refractivity contribution in [3.8, 4) is 6.07 Å². The van der Waals surface area contributed by atoms with Crippen molar-refractivity contribution in [2.75, 3.05) is 31.1 Å². The molecule has 0 unspecified atom stereocenters. The van der Waals surface area contributed by atoms with Gasteiger partial charge in [0.25, 0.3) is 0 Å². The lowest BCUT2D eigenvalue weighted by molar-refractivity contribution is 0.144. The number of rotatable bonds is 1. The second-order valence-electron chi connectivity index (χ2n) is 5.96. The van der Waals surface area contributed by atoms with Gasteiger partial charge in [-0.05, 0) is 36.8 Å². The molecule has 2 saturated heterocycles. The standard InChI is InChI=1S/C15H18N4O2/c16-9-12-1-2-13(17-10-12)18-6-3-15(4-7-18)5-8-19(11-15)14(20)21/h1-2,10H,3-8,11H2,(H,20,21). The average molecular weight is 286 g/mol. The molecule has 1 N–H and O–H groups in total. The van der Waals surface area contributed by atoms with Crippen LogP contribution in [0.25, 0.3) is 0 Å². The van der Waals surface area contributed by atoms with Gasteiger partial charge in [0.2, 0.25) is 0 Å². The van der Waals surface area contributed by atoms with Crippen LogP contribution in [0.4, 0.5) is 10.6 Å². The largest absolute Gasteiger partial charge is 0.465 e. The Bertz CT molecular complexity index is 570. The van der Waals surface area contributed by atoms with Crippen molar-refractivity contribution in [2.24, 2.45) is 5.41 Å². The number of hydrogen-bond donors (Lipinski definition) is 1. The van der Waals surface area contributed by atoms with Crippen LogP contribution in [-0.2, 0) is 0 Å². The van der Waals surface area contributed by atoms with Crippen LogP contribution in [0.3, 0.4) is 0 Å². The lowest BCUT2D eigenvalue weighted by Crippen LogP contribution is -2.42. The van der Waals surface area contributed by atoms with Crippen LogP contribution >= 0.6 is 0 Å². The van der Waals surface area contributed by atoms with E-state index in [2.05, 4.69) is 16.0 Å². The monoisotopic (exact) mass is 286 g/mol. The summed E-state index contributed by atoms with van der Waals surface area (Å²) < 4.78 is 0. The molecule has 2 aliphatic rings. The number of likely N-dealkylation sites (tertiary alicyclic amines) is 1. The third kappa shape index (κ3) is 2.64. The number of nitriles is 1. The summed E-state index contributed by atoms with van der Waals surface area (Å²) in [5.74, 6) is 0.900. The van der Waals surface area contributed by atoms with E-state index >= 15 is 0 Å². The molecule has 6 heteroatoms. The Morgan fingerprint density at radius 1 is 1.29 bits per heavy atom. The van der Waals surface area contributed by atoms with Crippen molar-refractivity contribution in [3.63, 3.8) is 0 Å². The topological polar surface area (TPSA) is 80.5 Å². The Kier molecular flexibility index (Phi) is 3.42. The van der Waals surface area contributed by atoms with Crippen molar-refractivity contribution in [1.29, 1.82) is 5.26 Å². The maximum Gasteiger partial charge on any atom is 0.407 e. The Morgan fingerprint density at radius 2 is 2.00 bits per heavy atom. The zero-order valence-electron chi connectivity index (χ0n) is 11.8. The van der Waals surface area contributed by atoms with Crippen LogP contribution in [0, 0.1) is 16.7 Å². The van der Waals surface area contributed by atoms with Crippen LogP contribution in [0.1, 0.15) is 24.8 Å². The van der Waals surface area contributed by atoms with Gasteiger partial charge in [-0.1, -0.05) is 0 Å². The Hall–Kier alpha value is -2.29. The summed E-state index contributed by atoms with van der Waals surface area (Å²) in [5, 5.41) is 17.9.